The maximum Gasteiger partial charge on any atom is 0.232 e. The minimum Gasteiger partial charge on any atom is -0.507 e. The number of halogens is 1. The number of fused-ring (bicyclic) bond motifs is 1. The summed E-state index contributed by atoms with van der Waals surface area (Å²) in [5, 5.41) is 10.6. The van der Waals surface area contributed by atoms with Gasteiger partial charge in [-0.15, -0.1) is 0 Å². The van der Waals surface area contributed by atoms with E-state index in [0.717, 1.165) is 19.4 Å². The van der Waals surface area contributed by atoms with Crippen molar-refractivity contribution in [1.29, 1.82) is 0 Å². The van der Waals surface area contributed by atoms with Crippen LogP contribution in [0, 0.1) is 12.7 Å². The third kappa shape index (κ3) is 3.42. The Hall–Kier alpha value is -2.66. The third-order valence-electron chi connectivity index (χ3n) is 5.69. The van der Waals surface area contributed by atoms with Gasteiger partial charge in [-0.1, -0.05) is 18.6 Å². The maximum atomic E-state index is 13.1. The third-order valence-corrected chi connectivity index (χ3v) is 5.69. The first-order chi connectivity index (χ1) is 13.4. The fourth-order valence-electron chi connectivity index (χ4n) is 4.04. The summed E-state index contributed by atoms with van der Waals surface area (Å²) in [6.45, 7) is 5.51. The van der Waals surface area contributed by atoms with Gasteiger partial charge in [0.2, 0.25) is 5.78 Å². The molecule has 1 fully saturated rings. The lowest BCUT2D eigenvalue weighted by molar-refractivity contribution is 0.101. The molecule has 2 heterocycles. The van der Waals surface area contributed by atoms with E-state index < -0.39 is 0 Å². The van der Waals surface area contributed by atoms with Gasteiger partial charge in [0, 0.05) is 12.6 Å². The minimum atomic E-state index is -0.331. The molecule has 1 saturated heterocycles. The lowest BCUT2D eigenvalue weighted by atomic mass is 9.97. The second-order valence-corrected chi connectivity index (χ2v) is 7.70. The molecule has 2 aromatic rings. The molecule has 0 saturated carbocycles. The van der Waals surface area contributed by atoms with E-state index in [1.807, 2.05) is 0 Å². The van der Waals surface area contributed by atoms with Crippen LogP contribution < -0.4 is 4.74 Å². The Kier molecular flexibility index (Phi) is 4.94. The molecule has 0 radical (unpaired) electrons. The number of carbonyl (C=O) groups is 1. The van der Waals surface area contributed by atoms with E-state index in [9.17, 15) is 14.3 Å². The topological polar surface area (TPSA) is 49.8 Å². The van der Waals surface area contributed by atoms with Crippen LogP contribution in [-0.2, 0) is 6.54 Å². The Labute approximate surface area is 164 Å². The lowest BCUT2D eigenvalue weighted by Crippen LogP contribution is -2.36. The highest BCUT2D eigenvalue weighted by molar-refractivity contribution is 6.15. The number of benzene rings is 2. The number of aryl methyl sites for hydroxylation is 1. The molecule has 2 aliphatic heterocycles. The average Bonchev–Trinajstić information content (AvgIpc) is 2.98. The number of phenols is 1. The van der Waals surface area contributed by atoms with E-state index in [2.05, 4.69) is 11.8 Å². The number of likely N-dealkylation sites (tertiary alicyclic amines) is 1. The zero-order chi connectivity index (χ0) is 19.8. The number of carbonyl (C=O) groups excluding carboxylic acids is 1. The van der Waals surface area contributed by atoms with Gasteiger partial charge < -0.3 is 9.84 Å². The van der Waals surface area contributed by atoms with Gasteiger partial charge in [-0.25, -0.2) is 4.39 Å². The number of allylic oxidation sites excluding steroid dienone is 1. The Bertz CT molecular complexity index is 949. The molecule has 1 unspecified atom stereocenters. The smallest absolute Gasteiger partial charge is 0.232 e. The van der Waals surface area contributed by atoms with Crippen molar-refractivity contribution in [3.8, 4) is 11.5 Å². The zero-order valence-corrected chi connectivity index (χ0v) is 16.2. The van der Waals surface area contributed by atoms with Crippen molar-refractivity contribution >= 4 is 11.9 Å². The molecule has 2 aromatic carbocycles. The summed E-state index contributed by atoms with van der Waals surface area (Å²) in [6, 6.07) is 7.96. The molecule has 2 aliphatic rings. The van der Waals surface area contributed by atoms with Crippen LogP contribution in [0.2, 0.25) is 0 Å². The first-order valence-electron chi connectivity index (χ1n) is 9.73. The van der Waals surface area contributed by atoms with Crippen LogP contribution in [0.25, 0.3) is 6.08 Å². The monoisotopic (exact) mass is 381 g/mol. The number of ether oxygens (including phenoxy) is 1. The van der Waals surface area contributed by atoms with Crippen LogP contribution in [0.15, 0.2) is 36.1 Å². The van der Waals surface area contributed by atoms with Gasteiger partial charge >= 0.3 is 0 Å². The predicted octanol–water partition coefficient (Wildman–Crippen LogP) is 4.83. The van der Waals surface area contributed by atoms with Crippen molar-refractivity contribution in [2.45, 2.75) is 45.7 Å². The van der Waals surface area contributed by atoms with Crippen LogP contribution in [0.5, 0.6) is 11.5 Å². The Balaban J connectivity index is 1.70. The fraction of sp³-hybridized carbons (Fsp3) is 0.348. The summed E-state index contributed by atoms with van der Waals surface area (Å²) in [5.41, 5.74) is 2.54. The quantitative estimate of drug-likeness (QED) is 0.774. The number of aromatic hydroxyl groups is 1. The highest BCUT2D eigenvalue weighted by atomic mass is 19.1. The number of hydrogen-bond acceptors (Lipinski definition) is 4. The summed E-state index contributed by atoms with van der Waals surface area (Å²) < 4.78 is 19.1. The van der Waals surface area contributed by atoms with Gasteiger partial charge in [0.05, 0.1) is 11.1 Å². The van der Waals surface area contributed by atoms with Crippen LogP contribution in [0.1, 0.15) is 53.2 Å². The van der Waals surface area contributed by atoms with Crippen molar-refractivity contribution in [2.75, 3.05) is 6.54 Å². The van der Waals surface area contributed by atoms with Crippen LogP contribution in [-0.4, -0.2) is 28.4 Å². The van der Waals surface area contributed by atoms with E-state index in [4.69, 9.17) is 4.74 Å². The SMILES string of the molecule is Cc1cc(O)c(CN2CCCCC2C)c2c1C(=O)/C(=C/c1ccc(F)cc1)O2. The Morgan fingerprint density at radius 2 is 2.04 bits per heavy atom. The molecule has 1 atom stereocenters. The van der Waals surface area contributed by atoms with Crippen molar-refractivity contribution in [3.63, 3.8) is 0 Å². The molecule has 4 nitrogen and oxygen atoms in total. The summed E-state index contributed by atoms with van der Waals surface area (Å²) in [6.07, 6.45) is 5.10. The molecule has 146 valence electrons. The summed E-state index contributed by atoms with van der Waals surface area (Å²) in [5.74, 6) is 0.273. The molecule has 28 heavy (non-hydrogen) atoms. The number of piperidine rings is 1. The number of ketones is 1. The van der Waals surface area contributed by atoms with Crippen molar-refractivity contribution in [3.05, 3.63) is 64.2 Å². The summed E-state index contributed by atoms with van der Waals surface area (Å²) in [7, 11) is 0. The number of Topliss-reactive ketones (excluding diaryl/α,β-unsaturated/α-hetero) is 1. The van der Waals surface area contributed by atoms with Gasteiger partial charge in [-0.2, -0.15) is 0 Å². The van der Waals surface area contributed by atoms with Crippen LogP contribution in [0.4, 0.5) is 4.39 Å². The highest BCUT2D eigenvalue weighted by Crippen LogP contribution is 2.42. The van der Waals surface area contributed by atoms with Gasteiger partial charge in [0.25, 0.3) is 0 Å². The zero-order valence-electron chi connectivity index (χ0n) is 16.2. The molecule has 5 heteroatoms. The van der Waals surface area contributed by atoms with Crippen molar-refractivity contribution in [2.24, 2.45) is 0 Å². The van der Waals surface area contributed by atoms with Gasteiger partial charge in [-0.3, -0.25) is 9.69 Å². The molecular formula is C23H24FNO3. The Morgan fingerprint density at radius 3 is 2.75 bits per heavy atom. The highest BCUT2D eigenvalue weighted by Gasteiger charge is 2.34. The van der Waals surface area contributed by atoms with Gasteiger partial charge in [-0.05, 0) is 68.6 Å². The molecule has 0 aromatic heterocycles. The number of hydrogen-bond donors (Lipinski definition) is 1. The predicted molar refractivity (Wildman–Crippen MR) is 106 cm³/mol. The Morgan fingerprint density at radius 1 is 1.29 bits per heavy atom. The van der Waals surface area contributed by atoms with E-state index in [0.29, 0.717) is 40.6 Å². The van der Waals surface area contributed by atoms with Crippen molar-refractivity contribution in [1.82, 2.24) is 4.90 Å². The van der Waals surface area contributed by atoms with E-state index in [1.54, 1.807) is 31.2 Å². The number of phenolic OH excluding ortho intramolecular Hbond substituents is 1. The maximum absolute atomic E-state index is 13.1. The molecule has 1 N–H and O–H groups in total. The summed E-state index contributed by atoms with van der Waals surface area (Å²) in [4.78, 5) is 15.3. The molecular weight excluding hydrogens is 357 g/mol. The standard InChI is InChI=1S/C23H24FNO3/c1-14-11-19(26)18(13-25-10-4-3-5-15(25)2)23-21(14)22(27)20(28-23)12-16-6-8-17(24)9-7-16/h6-9,11-12,15,26H,3-5,10,13H2,1-2H3/b20-12-. The number of rotatable bonds is 3. The lowest BCUT2D eigenvalue weighted by Gasteiger charge is -2.33. The van der Waals surface area contributed by atoms with Crippen molar-refractivity contribution < 1.29 is 19.0 Å². The average molecular weight is 381 g/mol. The fourth-order valence-corrected chi connectivity index (χ4v) is 4.04. The minimum absolute atomic E-state index is 0.157. The first kappa shape index (κ1) is 18.7. The number of nitrogens with zero attached hydrogens (tertiary/aromatic N) is 1. The summed E-state index contributed by atoms with van der Waals surface area (Å²) >= 11 is 0. The molecule has 4 rings (SSSR count). The molecule has 0 aliphatic carbocycles. The molecule has 0 bridgehead atoms. The van der Waals surface area contributed by atoms with Crippen LogP contribution >= 0.6 is 0 Å². The second kappa shape index (κ2) is 7.40. The normalized spacial score (nSPS) is 21.0. The van der Waals surface area contributed by atoms with Gasteiger partial charge in [0.15, 0.2) is 5.76 Å². The first-order valence-corrected chi connectivity index (χ1v) is 9.73. The van der Waals surface area contributed by atoms with E-state index >= 15 is 0 Å². The molecule has 0 amide bonds. The second-order valence-electron chi connectivity index (χ2n) is 7.70. The molecule has 0 spiro atoms. The van der Waals surface area contributed by atoms with E-state index in [1.165, 1.54) is 18.6 Å². The van der Waals surface area contributed by atoms with E-state index in [-0.39, 0.29) is 23.1 Å². The largest absolute Gasteiger partial charge is 0.507 e. The van der Waals surface area contributed by atoms with Crippen LogP contribution in [0.3, 0.4) is 0 Å². The van der Waals surface area contributed by atoms with Gasteiger partial charge in [0.1, 0.15) is 17.3 Å².